The number of amidine groups is 1. The Hall–Kier alpha value is -3.96. The van der Waals surface area contributed by atoms with Crippen molar-refractivity contribution < 1.29 is 33.8 Å². The first kappa shape index (κ1) is 30.1. The van der Waals surface area contributed by atoms with Gasteiger partial charge in [0.2, 0.25) is 11.8 Å². The van der Waals surface area contributed by atoms with Crippen LogP contribution < -0.4 is 21.7 Å². The first-order valence-electron chi connectivity index (χ1n) is 11.5. The van der Waals surface area contributed by atoms with E-state index in [0.29, 0.717) is 11.1 Å². The molecule has 12 nitrogen and oxygen atoms in total. The Morgan fingerprint density at radius 3 is 2.06 bits per heavy atom. The summed E-state index contributed by atoms with van der Waals surface area (Å²) in [4.78, 5) is 61.0. The van der Waals surface area contributed by atoms with Gasteiger partial charge in [-0.25, -0.2) is 4.79 Å². The van der Waals surface area contributed by atoms with E-state index in [1.54, 1.807) is 13.8 Å². The number of ether oxygens (including phenoxy) is 1. The van der Waals surface area contributed by atoms with Crippen LogP contribution in [0.2, 0.25) is 0 Å². The standard InChI is InChI=1S/C24H35N5O7/c1-13(2)11-18(24(35)36-14(3)4)29-23(34)17(12-20(31)32)28-19(30)9-10-27-22(33)16-7-5-15(6-8-16)21(25)26/h5-8,13-14,17-18H,9-12H2,1-4H3,(H3,25,26)(H,27,33)(H,28,30)(H,29,34)(H,31,32)/t17-,18-/m0/s1. The van der Waals surface area contributed by atoms with Gasteiger partial charge in [-0.15, -0.1) is 0 Å². The number of nitrogens with two attached hydrogens (primary N) is 1. The number of nitrogen functional groups attached to an aromatic ring is 1. The quantitative estimate of drug-likeness (QED) is 0.119. The predicted octanol–water partition coefficient (Wildman–Crippen LogP) is 0.533. The number of benzene rings is 1. The smallest absolute Gasteiger partial charge is 0.328 e. The average Bonchev–Trinajstić information content (AvgIpc) is 2.77. The summed E-state index contributed by atoms with van der Waals surface area (Å²) in [6, 6.07) is 3.58. The third kappa shape index (κ3) is 11.0. The van der Waals surface area contributed by atoms with Gasteiger partial charge in [-0.05, 0) is 38.3 Å². The Labute approximate surface area is 209 Å². The number of aliphatic carboxylic acids is 1. The second-order valence-corrected chi connectivity index (χ2v) is 8.89. The van der Waals surface area contributed by atoms with Crippen molar-refractivity contribution in [3.63, 3.8) is 0 Å². The van der Waals surface area contributed by atoms with E-state index in [0.717, 1.165) is 0 Å². The van der Waals surface area contributed by atoms with Crippen molar-refractivity contribution >= 4 is 35.5 Å². The zero-order valence-electron chi connectivity index (χ0n) is 20.9. The molecule has 1 aromatic carbocycles. The third-order valence-corrected chi connectivity index (χ3v) is 4.79. The van der Waals surface area contributed by atoms with Crippen LogP contribution in [0.1, 0.15) is 62.9 Å². The fraction of sp³-hybridized carbons (Fsp3) is 0.500. The van der Waals surface area contributed by atoms with Crippen LogP contribution >= 0.6 is 0 Å². The van der Waals surface area contributed by atoms with Crippen molar-refractivity contribution in [1.82, 2.24) is 16.0 Å². The highest BCUT2D eigenvalue weighted by Crippen LogP contribution is 2.09. The zero-order chi connectivity index (χ0) is 27.4. The van der Waals surface area contributed by atoms with Crippen molar-refractivity contribution in [2.75, 3.05) is 6.54 Å². The summed E-state index contributed by atoms with van der Waals surface area (Å²) in [7, 11) is 0. The van der Waals surface area contributed by atoms with Crippen LogP contribution in [0.25, 0.3) is 0 Å². The summed E-state index contributed by atoms with van der Waals surface area (Å²) in [5, 5.41) is 23.9. The summed E-state index contributed by atoms with van der Waals surface area (Å²) in [6.45, 7) is 6.96. The molecule has 0 aromatic heterocycles. The molecule has 1 rings (SSSR count). The molecule has 0 fully saturated rings. The van der Waals surface area contributed by atoms with Crippen LogP contribution in [0.5, 0.6) is 0 Å². The number of carboxylic acids is 1. The molecular weight excluding hydrogens is 470 g/mol. The Bertz CT molecular complexity index is 960. The lowest BCUT2D eigenvalue weighted by Crippen LogP contribution is -2.53. The van der Waals surface area contributed by atoms with E-state index in [9.17, 15) is 29.1 Å². The highest BCUT2D eigenvalue weighted by Gasteiger charge is 2.30. The van der Waals surface area contributed by atoms with E-state index in [2.05, 4.69) is 16.0 Å². The highest BCUT2D eigenvalue weighted by atomic mass is 16.5. The van der Waals surface area contributed by atoms with Gasteiger partial charge >= 0.3 is 11.9 Å². The second-order valence-electron chi connectivity index (χ2n) is 8.89. The van der Waals surface area contributed by atoms with E-state index < -0.39 is 54.3 Å². The van der Waals surface area contributed by atoms with Gasteiger partial charge < -0.3 is 31.5 Å². The first-order valence-corrected chi connectivity index (χ1v) is 11.5. The van der Waals surface area contributed by atoms with Crippen LogP contribution in [0.3, 0.4) is 0 Å². The van der Waals surface area contributed by atoms with Crippen LogP contribution in [0.4, 0.5) is 0 Å². The molecule has 0 bridgehead atoms. The molecule has 0 unspecified atom stereocenters. The Kier molecular flexibility index (Phi) is 12.1. The van der Waals surface area contributed by atoms with Crippen LogP contribution in [0, 0.1) is 11.3 Å². The second kappa shape index (κ2) is 14.4. The number of nitrogens with one attached hydrogen (secondary N) is 4. The average molecular weight is 506 g/mol. The predicted molar refractivity (Wildman–Crippen MR) is 131 cm³/mol. The molecular formula is C24H35N5O7. The number of carboxylic acid groups (broad SMARTS) is 1. The molecule has 0 radical (unpaired) electrons. The zero-order valence-corrected chi connectivity index (χ0v) is 20.9. The number of carbonyl (C=O) groups excluding carboxylic acids is 4. The van der Waals surface area contributed by atoms with Crippen molar-refractivity contribution in [2.24, 2.45) is 11.7 Å². The maximum atomic E-state index is 12.7. The summed E-state index contributed by atoms with van der Waals surface area (Å²) < 4.78 is 5.17. The van der Waals surface area contributed by atoms with E-state index in [4.69, 9.17) is 15.9 Å². The molecule has 2 atom stereocenters. The van der Waals surface area contributed by atoms with Gasteiger partial charge in [0.05, 0.1) is 12.5 Å². The van der Waals surface area contributed by atoms with Crippen molar-refractivity contribution in [1.29, 1.82) is 5.41 Å². The molecule has 0 aliphatic rings. The van der Waals surface area contributed by atoms with E-state index >= 15 is 0 Å². The van der Waals surface area contributed by atoms with Gasteiger partial charge in [0, 0.05) is 24.1 Å². The molecule has 0 aliphatic heterocycles. The lowest BCUT2D eigenvalue weighted by Gasteiger charge is -2.23. The summed E-state index contributed by atoms with van der Waals surface area (Å²) >= 11 is 0. The first-order chi connectivity index (χ1) is 16.8. The molecule has 3 amide bonds. The van der Waals surface area contributed by atoms with Crippen LogP contribution in [-0.4, -0.2) is 65.3 Å². The fourth-order valence-corrected chi connectivity index (χ4v) is 3.12. The SMILES string of the molecule is CC(C)C[C@H](NC(=O)[C@H](CC(=O)O)NC(=O)CCNC(=O)c1ccc(C(=N)N)cc1)C(=O)OC(C)C. The van der Waals surface area contributed by atoms with Crippen LogP contribution in [-0.2, 0) is 23.9 Å². The van der Waals surface area contributed by atoms with E-state index in [1.807, 2.05) is 13.8 Å². The lowest BCUT2D eigenvalue weighted by atomic mass is 10.0. The summed E-state index contributed by atoms with van der Waals surface area (Å²) in [5.74, 6) is -4.01. The molecule has 36 heavy (non-hydrogen) atoms. The number of hydrogen-bond donors (Lipinski definition) is 6. The number of rotatable bonds is 14. The van der Waals surface area contributed by atoms with Gasteiger partial charge in [0.15, 0.2) is 0 Å². The van der Waals surface area contributed by atoms with Gasteiger partial charge in [-0.1, -0.05) is 26.0 Å². The van der Waals surface area contributed by atoms with Crippen molar-refractivity contribution in [2.45, 2.75) is 65.1 Å². The molecule has 7 N–H and O–H groups in total. The normalized spacial score (nSPS) is 12.4. The Morgan fingerprint density at radius 1 is 0.972 bits per heavy atom. The fourth-order valence-electron chi connectivity index (χ4n) is 3.12. The van der Waals surface area contributed by atoms with Crippen LogP contribution in [0.15, 0.2) is 24.3 Å². The van der Waals surface area contributed by atoms with Gasteiger partial charge in [-0.2, -0.15) is 0 Å². The molecule has 0 saturated heterocycles. The maximum Gasteiger partial charge on any atom is 0.328 e. The molecule has 1 aromatic rings. The van der Waals surface area contributed by atoms with E-state index in [-0.39, 0.29) is 31.1 Å². The molecule has 0 aliphatic carbocycles. The monoisotopic (exact) mass is 505 g/mol. The minimum atomic E-state index is -1.42. The maximum absolute atomic E-state index is 12.7. The van der Waals surface area contributed by atoms with Crippen molar-refractivity contribution in [3.8, 4) is 0 Å². The molecule has 12 heteroatoms. The Morgan fingerprint density at radius 2 is 1.56 bits per heavy atom. The number of hydrogen-bond acceptors (Lipinski definition) is 7. The minimum absolute atomic E-state index is 0.0322. The highest BCUT2D eigenvalue weighted by molar-refractivity contribution is 5.98. The largest absolute Gasteiger partial charge is 0.481 e. The summed E-state index contributed by atoms with van der Waals surface area (Å²) in [6.07, 6.45) is -1.04. The van der Waals surface area contributed by atoms with Gasteiger partial charge in [0.1, 0.15) is 17.9 Å². The number of esters is 1. The van der Waals surface area contributed by atoms with Gasteiger partial charge in [-0.3, -0.25) is 24.6 Å². The molecule has 0 heterocycles. The van der Waals surface area contributed by atoms with Crippen molar-refractivity contribution in [3.05, 3.63) is 35.4 Å². The van der Waals surface area contributed by atoms with Gasteiger partial charge in [0.25, 0.3) is 5.91 Å². The number of carbonyl (C=O) groups is 5. The number of amides is 3. The minimum Gasteiger partial charge on any atom is -0.481 e. The summed E-state index contributed by atoms with van der Waals surface area (Å²) in [5.41, 5.74) is 6.14. The molecule has 198 valence electrons. The molecule has 0 spiro atoms. The molecule has 0 saturated carbocycles. The lowest BCUT2D eigenvalue weighted by molar-refractivity contribution is -0.152. The third-order valence-electron chi connectivity index (χ3n) is 4.79. The Balaban J connectivity index is 2.72. The van der Waals surface area contributed by atoms with E-state index in [1.165, 1.54) is 24.3 Å². The topological polar surface area (TPSA) is 201 Å².